The Balaban J connectivity index is 0.00000420. The molecule has 0 spiro atoms. The van der Waals surface area contributed by atoms with Crippen molar-refractivity contribution < 1.29 is 57.2 Å². The molecule has 0 bridgehead atoms. The zero-order valence-electron chi connectivity index (χ0n) is 21.0. The summed E-state index contributed by atoms with van der Waals surface area (Å²) in [7, 11) is -3.08. The minimum absolute atomic E-state index is 0. The Morgan fingerprint density at radius 1 is 1.05 bits per heavy atom. The van der Waals surface area contributed by atoms with Gasteiger partial charge in [0.2, 0.25) is 0 Å². The van der Waals surface area contributed by atoms with E-state index in [1.807, 2.05) is 0 Å². The Morgan fingerprint density at radius 2 is 1.77 bits per heavy atom. The molecule has 0 unspecified atom stereocenters. The van der Waals surface area contributed by atoms with Crippen LogP contribution in [-0.2, 0) is 16.5 Å². The number of hydrogen-bond acceptors (Lipinski definition) is 7. The number of benzene rings is 4. The summed E-state index contributed by atoms with van der Waals surface area (Å²) < 4.78 is 38.1. The first-order valence-corrected chi connectivity index (χ1v) is 13.3. The summed E-state index contributed by atoms with van der Waals surface area (Å²) in [6.07, 6.45) is 0.256. The van der Waals surface area contributed by atoms with Crippen LogP contribution in [0.25, 0.3) is 10.8 Å². The number of nitrogens with zero attached hydrogens (tertiary/aromatic N) is 2. The molecule has 0 atom stereocenters. The Morgan fingerprint density at radius 3 is 2.44 bits per heavy atom. The van der Waals surface area contributed by atoms with Gasteiger partial charge in [-0.05, 0) is 47.7 Å². The van der Waals surface area contributed by atoms with E-state index in [4.69, 9.17) is 27.9 Å². The van der Waals surface area contributed by atoms with E-state index < -0.39 is 21.8 Å². The van der Waals surface area contributed by atoms with Crippen molar-refractivity contribution in [1.29, 1.82) is 0 Å². The number of para-hydroxylation sites is 1. The summed E-state index contributed by atoms with van der Waals surface area (Å²) in [6.45, 7) is 1.69. The second-order valence-electron chi connectivity index (χ2n) is 8.03. The van der Waals surface area contributed by atoms with Gasteiger partial charge in [0.25, 0.3) is 16.0 Å². The molecule has 2 N–H and O–H groups in total. The number of carbonyl (C=O) groups is 1. The second kappa shape index (κ2) is 12.6. The second-order valence-corrected chi connectivity index (χ2v) is 10.2. The molecule has 1 amide bonds. The number of carbonyl (C=O) groups excluding carboxylic acids is 1. The number of fused-ring (bicyclic) bond motifs is 1. The van der Waals surface area contributed by atoms with Gasteiger partial charge < -0.3 is 15.2 Å². The third-order valence-corrected chi connectivity index (χ3v) is 7.25. The van der Waals surface area contributed by atoms with E-state index in [0.29, 0.717) is 16.5 Å². The van der Waals surface area contributed by atoms with Crippen LogP contribution < -0.4 is 44.7 Å². The zero-order valence-corrected chi connectivity index (χ0v) is 25.4. The first-order chi connectivity index (χ1) is 18.0. The summed E-state index contributed by atoms with van der Waals surface area (Å²) in [5.74, 6) is -1.11. The van der Waals surface area contributed by atoms with Gasteiger partial charge in [-0.1, -0.05) is 66.2 Å². The number of amides is 1. The fraction of sp³-hybridized carbons (Fsp3) is 0.115. The van der Waals surface area contributed by atoms with Gasteiger partial charge >= 0.3 is 29.6 Å². The molecule has 0 radical (unpaired) electrons. The molecule has 0 aliphatic heterocycles. The zero-order chi connectivity index (χ0) is 27.6. The predicted octanol–water partition coefficient (Wildman–Crippen LogP) is 3.71. The standard InChI is InChI=1S/C26H21Cl2N3O6S.Na/c1-3-14-12-20(19(28)13-22(14)38(34,35)36)30-31-23-16-8-5-4-7-15(16)11-17(25(23)32)26(33)29-24-18(27)9-6-10-21(24)37-2;/h4-13,32H,3H2,1-2H3,(H,29,33)(H,34,35,36);/q;+1/p-1. The molecule has 4 aromatic rings. The van der Waals surface area contributed by atoms with E-state index in [1.165, 1.54) is 19.2 Å². The molecule has 39 heavy (non-hydrogen) atoms. The smallest absolute Gasteiger partial charge is 0.870 e. The number of methoxy groups -OCH3 is 1. The van der Waals surface area contributed by atoms with Gasteiger partial charge in [-0.15, -0.1) is 5.11 Å². The predicted molar refractivity (Wildman–Crippen MR) is 144 cm³/mol. The maximum atomic E-state index is 13.4. The molecule has 0 saturated heterocycles. The van der Waals surface area contributed by atoms with Crippen molar-refractivity contribution in [3.05, 3.63) is 81.8 Å². The number of hydrogen-bond donors (Lipinski definition) is 2. The van der Waals surface area contributed by atoms with Crippen LogP contribution in [0.15, 0.2) is 75.8 Å². The summed E-state index contributed by atoms with van der Waals surface area (Å²) in [6, 6.07) is 15.5. The average Bonchev–Trinajstić information content (AvgIpc) is 2.88. The molecule has 0 aliphatic carbocycles. The van der Waals surface area contributed by atoms with Crippen molar-refractivity contribution in [3.63, 3.8) is 0 Å². The van der Waals surface area contributed by atoms with Crippen LogP contribution in [0, 0.1) is 0 Å². The van der Waals surface area contributed by atoms with E-state index in [9.17, 15) is 22.9 Å². The van der Waals surface area contributed by atoms with E-state index in [-0.39, 0.29) is 79.1 Å². The third kappa shape index (κ3) is 6.55. The van der Waals surface area contributed by atoms with Crippen molar-refractivity contribution >= 4 is 67.1 Å². The quantitative estimate of drug-likeness (QED) is 0.189. The van der Waals surface area contributed by atoms with Gasteiger partial charge in [-0.3, -0.25) is 9.35 Å². The van der Waals surface area contributed by atoms with Crippen molar-refractivity contribution in [2.45, 2.75) is 18.2 Å². The van der Waals surface area contributed by atoms with E-state index in [0.717, 1.165) is 6.07 Å². The van der Waals surface area contributed by atoms with Crippen LogP contribution in [-0.4, -0.2) is 26.0 Å². The van der Waals surface area contributed by atoms with Gasteiger partial charge in [0.1, 0.15) is 17.1 Å². The Kier molecular flexibility index (Phi) is 10.0. The Bertz CT molecular complexity index is 1710. The number of halogens is 2. The van der Waals surface area contributed by atoms with Crippen LogP contribution >= 0.6 is 23.2 Å². The maximum Gasteiger partial charge on any atom is 1.00 e. The maximum absolute atomic E-state index is 13.4. The molecule has 0 aromatic heterocycles. The fourth-order valence-electron chi connectivity index (χ4n) is 3.84. The van der Waals surface area contributed by atoms with Crippen LogP contribution in [0.2, 0.25) is 10.0 Å². The molecule has 0 fully saturated rings. The van der Waals surface area contributed by atoms with Crippen LogP contribution in [0.3, 0.4) is 0 Å². The first kappa shape index (κ1) is 30.8. The van der Waals surface area contributed by atoms with Gasteiger partial charge in [0.15, 0.2) is 0 Å². The van der Waals surface area contributed by atoms with Crippen LogP contribution in [0.1, 0.15) is 22.8 Å². The molecule has 0 aliphatic rings. The molecule has 9 nitrogen and oxygen atoms in total. The van der Waals surface area contributed by atoms with Crippen molar-refractivity contribution in [2.24, 2.45) is 10.2 Å². The molecular weight excluding hydrogens is 576 g/mol. The minimum atomic E-state index is -4.51. The topological polar surface area (TPSA) is 140 Å². The number of azo groups is 1. The number of rotatable bonds is 7. The SMILES string of the molecule is CCc1cc(N=Nc2c([O-])c(C(=O)Nc3c(Cl)cccc3OC)cc3ccccc23)c(Cl)cc1S(=O)(=O)O.[Na+]. The number of nitrogens with one attached hydrogen (secondary N) is 1. The summed E-state index contributed by atoms with van der Waals surface area (Å²) in [5.41, 5.74) is 0.221. The van der Waals surface area contributed by atoms with Crippen molar-refractivity contribution in [2.75, 3.05) is 12.4 Å². The van der Waals surface area contributed by atoms with Gasteiger partial charge in [0, 0.05) is 10.9 Å². The van der Waals surface area contributed by atoms with Crippen molar-refractivity contribution in [1.82, 2.24) is 0 Å². The van der Waals surface area contributed by atoms with E-state index in [1.54, 1.807) is 49.4 Å². The van der Waals surface area contributed by atoms with E-state index in [2.05, 4.69) is 15.5 Å². The van der Waals surface area contributed by atoms with Crippen LogP contribution in [0.4, 0.5) is 17.1 Å². The van der Waals surface area contributed by atoms with Gasteiger partial charge in [-0.2, -0.15) is 13.5 Å². The molecule has 0 heterocycles. The van der Waals surface area contributed by atoms with Gasteiger partial charge in [0.05, 0.1) is 27.7 Å². The number of ether oxygens (including phenoxy) is 1. The van der Waals surface area contributed by atoms with Crippen LogP contribution in [0.5, 0.6) is 11.5 Å². The molecule has 0 saturated carbocycles. The largest absolute Gasteiger partial charge is 1.00 e. The summed E-state index contributed by atoms with van der Waals surface area (Å²) in [4.78, 5) is 12.9. The Labute approximate surface area is 256 Å². The molecule has 4 aromatic carbocycles. The molecule has 196 valence electrons. The summed E-state index contributed by atoms with van der Waals surface area (Å²) >= 11 is 12.4. The Hall–Kier alpha value is -2.70. The molecule has 13 heteroatoms. The number of anilines is 1. The fourth-order valence-corrected chi connectivity index (χ4v) is 5.12. The van der Waals surface area contributed by atoms with Gasteiger partial charge in [-0.25, -0.2) is 0 Å². The van der Waals surface area contributed by atoms with E-state index >= 15 is 0 Å². The molecule has 4 rings (SSSR count). The minimum Gasteiger partial charge on any atom is -0.870 e. The average molecular weight is 596 g/mol. The normalized spacial score (nSPS) is 11.4. The molecular formula is C26H20Cl2N3NaO6S. The third-order valence-electron chi connectivity index (χ3n) is 5.70. The summed E-state index contributed by atoms with van der Waals surface area (Å²) in [5, 5.41) is 25.4. The van der Waals surface area contributed by atoms with Crippen molar-refractivity contribution in [3.8, 4) is 11.5 Å². The monoisotopic (exact) mass is 595 g/mol. The first-order valence-electron chi connectivity index (χ1n) is 11.1. The number of aryl methyl sites for hydroxylation is 1.